The van der Waals surface area contributed by atoms with Crippen molar-refractivity contribution >= 4 is 11.6 Å². The van der Waals surface area contributed by atoms with E-state index in [1.165, 1.54) is 5.56 Å². The first-order valence-electron chi connectivity index (χ1n) is 11.3. The van der Waals surface area contributed by atoms with Gasteiger partial charge in [0, 0.05) is 11.3 Å². The van der Waals surface area contributed by atoms with Gasteiger partial charge in [-0.2, -0.15) is 5.10 Å². The molecule has 0 saturated heterocycles. The lowest BCUT2D eigenvalue weighted by Gasteiger charge is -2.09. The number of aromatic nitrogens is 2. The summed E-state index contributed by atoms with van der Waals surface area (Å²) in [4.78, 5) is 13.1. The number of nitrogens with one attached hydrogen (secondary N) is 1. The van der Waals surface area contributed by atoms with Gasteiger partial charge >= 0.3 is 0 Å². The number of rotatable bonds is 5. The van der Waals surface area contributed by atoms with Gasteiger partial charge in [-0.25, -0.2) is 4.68 Å². The molecule has 166 valence electrons. The lowest BCUT2D eigenvalue weighted by molar-refractivity contribution is 0.102. The van der Waals surface area contributed by atoms with E-state index in [1.54, 1.807) is 0 Å². The SMILES string of the molecule is Cc1ccc(NC(=O)c2cc(-c3ccc(-c4ccccc4)cc3)n(-c3ccccc3)n2)c(C)c1. The average Bonchev–Trinajstić information content (AvgIpc) is 3.33. The minimum atomic E-state index is -0.233. The van der Waals surface area contributed by atoms with Gasteiger partial charge in [0.25, 0.3) is 5.91 Å². The minimum Gasteiger partial charge on any atom is -0.320 e. The maximum absolute atomic E-state index is 13.1. The van der Waals surface area contributed by atoms with Crippen molar-refractivity contribution < 1.29 is 4.79 Å². The Morgan fingerprint density at radius 3 is 2.00 bits per heavy atom. The molecule has 1 heterocycles. The number of nitrogens with zero attached hydrogens (tertiary/aromatic N) is 2. The van der Waals surface area contributed by atoms with Crippen molar-refractivity contribution in [1.29, 1.82) is 0 Å². The van der Waals surface area contributed by atoms with E-state index in [2.05, 4.69) is 52.9 Å². The van der Waals surface area contributed by atoms with Crippen molar-refractivity contribution in [2.24, 2.45) is 0 Å². The Hall–Kier alpha value is -4.44. The Kier molecular flexibility index (Phi) is 5.79. The molecule has 0 atom stereocenters. The van der Waals surface area contributed by atoms with Crippen LogP contribution >= 0.6 is 0 Å². The fraction of sp³-hybridized carbons (Fsp3) is 0.0667. The zero-order chi connectivity index (χ0) is 23.5. The van der Waals surface area contributed by atoms with Crippen LogP contribution in [0.15, 0.2) is 109 Å². The Balaban J connectivity index is 1.52. The number of amides is 1. The normalized spacial score (nSPS) is 10.8. The Labute approximate surface area is 199 Å². The summed E-state index contributed by atoms with van der Waals surface area (Å²) in [5.74, 6) is -0.233. The Bertz CT molecular complexity index is 1440. The van der Waals surface area contributed by atoms with Crippen LogP contribution in [0.5, 0.6) is 0 Å². The molecule has 0 spiro atoms. The smallest absolute Gasteiger partial charge is 0.276 e. The molecule has 5 rings (SSSR count). The predicted molar refractivity (Wildman–Crippen MR) is 138 cm³/mol. The van der Waals surface area contributed by atoms with E-state index >= 15 is 0 Å². The number of aryl methyl sites for hydroxylation is 2. The number of para-hydroxylation sites is 1. The predicted octanol–water partition coefficient (Wildman–Crippen LogP) is 7.08. The molecule has 4 nitrogen and oxygen atoms in total. The van der Waals surface area contributed by atoms with E-state index in [1.807, 2.05) is 85.3 Å². The highest BCUT2D eigenvalue weighted by molar-refractivity contribution is 6.04. The van der Waals surface area contributed by atoms with Gasteiger partial charge in [0.05, 0.1) is 11.4 Å². The summed E-state index contributed by atoms with van der Waals surface area (Å²) in [6, 6.07) is 36.3. The van der Waals surface area contributed by atoms with E-state index in [9.17, 15) is 4.79 Å². The van der Waals surface area contributed by atoms with Crippen LogP contribution in [0.4, 0.5) is 5.69 Å². The monoisotopic (exact) mass is 443 g/mol. The second-order valence-corrected chi connectivity index (χ2v) is 8.38. The summed E-state index contributed by atoms with van der Waals surface area (Å²) >= 11 is 0. The molecule has 1 N–H and O–H groups in total. The summed E-state index contributed by atoms with van der Waals surface area (Å²) in [5, 5.41) is 7.70. The molecule has 5 aromatic rings. The zero-order valence-corrected chi connectivity index (χ0v) is 19.2. The van der Waals surface area contributed by atoms with Gasteiger partial charge in [-0.05, 0) is 54.8 Å². The van der Waals surface area contributed by atoms with Crippen LogP contribution in [0.1, 0.15) is 21.6 Å². The first-order chi connectivity index (χ1) is 16.6. The molecule has 0 radical (unpaired) electrons. The number of carbonyl (C=O) groups excluding carboxylic acids is 1. The Morgan fingerprint density at radius 2 is 1.32 bits per heavy atom. The summed E-state index contributed by atoms with van der Waals surface area (Å²) in [6.07, 6.45) is 0. The molecule has 0 aliphatic heterocycles. The standard InChI is InChI=1S/C30H25N3O/c1-21-13-18-27(22(2)19-21)31-30(34)28-20-29(33(32-28)26-11-7-4-8-12-26)25-16-14-24(15-17-25)23-9-5-3-6-10-23/h3-20H,1-2H3,(H,31,34). The molecule has 1 amide bonds. The van der Waals surface area contributed by atoms with Gasteiger partial charge in [-0.1, -0.05) is 90.5 Å². The lowest BCUT2D eigenvalue weighted by atomic mass is 10.0. The third-order valence-electron chi connectivity index (χ3n) is 5.86. The number of hydrogen-bond donors (Lipinski definition) is 1. The summed E-state index contributed by atoms with van der Waals surface area (Å²) < 4.78 is 1.83. The average molecular weight is 444 g/mol. The number of hydrogen-bond acceptors (Lipinski definition) is 2. The Morgan fingerprint density at radius 1 is 0.706 bits per heavy atom. The highest BCUT2D eigenvalue weighted by atomic mass is 16.2. The van der Waals surface area contributed by atoms with Crippen LogP contribution in [-0.2, 0) is 0 Å². The van der Waals surface area contributed by atoms with Crippen LogP contribution < -0.4 is 5.32 Å². The summed E-state index contributed by atoms with van der Waals surface area (Å²) in [5.41, 5.74) is 8.39. The van der Waals surface area contributed by atoms with E-state index in [0.717, 1.165) is 39.3 Å². The first-order valence-corrected chi connectivity index (χ1v) is 11.3. The van der Waals surface area contributed by atoms with Gasteiger partial charge in [-0.3, -0.25) is 4.79 Å². The van der Waals surface area contributed by atoms with Crippen LogP contribution in [0.2, 0.25) is 0 Å². The highest BCUT2D eigenvalue weighted by Gasteiger charge is 2.17. The third kappa shape index (κ3) is 4.39. The molecular weight excluding hydrogens is 418 g/mol. The largest absolute Gasteiger partial charge is 0.320 e. The molecule has 4 heteroatoms. The molecular formula is C30H25N3O. The minimum absolute atomic E-state index is 0.233. The van der Waals surface area contributed by atoms with E-state index in [-0.39, 0.29) is 5.91 Å². The van der Waals surface area contributed by atoms with Crippen LogP contribution in [-0.4, -0.2) is 15.7 Å². The molecule has 34 heavy (non-hydrogen) atoms. The topological polar surface area (TPSA) is 46.9 Å². The van der Waals surface area contributed by atoms with Gasteiger partial charge < -0.3 is 5.32 Å². The van der Waals surface area contributed by atoms with Gasteiger partial charge in [-0.15, -0.1) is 0 Å². The second-order valence-electron chi connectivity index (χ2n) is 8.38. The zero-order valence-electron chi connectivity index (χ0n) is 19.2. The number of carbonyl (C=O) groups is 1. The van der Waals surface area contributed by atoms with Gasteiger partial charge in [0.2, 0.25) is 0 Å². The highest BCUT2D eigenvalue weighted by Crippen LogP contribution is 2.28. The summed E-state index contributed by atoms with van der Waals surface area (Å²) in [7, 11) is 0. The molecule has 0 saturated carbocycles. The molecule has 1 aromatic heterocycles. The van der Waals surface area contributed by atoms with E-state index < -0.39 is 0 Å². The van der Waals surface area contributed by atoms with Gasteiger partial charge in [0.15, 0.2) is 5.69 Å². The number of benzene rings is 4. The summed E-state index contributed by atoms with van der Waals surface area (Å²) in [6.45, 7) is 4.03. The van der Waals surface area contributed by atoms with Crippen LogP contribution in [0.25, 0.3) is 28.1 Å². The van der Waals surface area contributed by atoms with Crippen molar-refractivity contribution in [3.8, 4) is 28.1 Å². The molecule has 0 aliphatic carbocycles. The first kappa shape index (κ1) is 21.4. The quantitative estimate of drug-likeness (QED) is 0.316. The molecule has 0 bridgehead atoms. The van der Waals surface area contributed by atoms with E-state index in [0.29, 0.717) is 5.69 Å². The fourth-order valence-electron chi connectivity index (χ4n) is 4.07. The van der Waals surface area contributed by atoms with Crippen LogP contribution in [0.3, 0.4) is 0 Å². The van der Waals surface area contributed by atoms with Crippen molar-refractivity contribution in [2.75, 3.05) is 5.32 Å². The van der Waals surface area contributed by atoms with Crippen molar-refractivity contribution in [2.45, 2.75) is 13.8 Å². The second kappa shape index (κ2) is 9.20. The maximum atomic E-state index is 13.1. The molecule has 0 fully saturated rings. The fourth-order valence-corrected chi connectivity index (χ4v) is 4.07. The third-order valence-corrected chi connectivity index (χ3v) is 5.86. The molecule has 4 aromatic carbocycles. The van der Waals surface area contributed by atoms with Crippen molar-refractivity contribution in [1.82, 2.24) is 9.78 Å². The number of anilines is 1. The van der Waals surface area contributed by atoms with Crippen molar-refractivity contribution in [3.05, 3.63) is 126 Å². The molecule has 0 unspecified atom stereocenters. The molecule has 0 aliphatic rings. The van der Waals surface area contributed by atoms with Crippen molar-refractivity contribution in [3.63, 3.8) is 0 Å². The van der Waals surface area contributed by atoms with Gasteiger partial charge in [0.1, 0.15) is 0 Å². The maximum Gasteiger partial charge on any atom is 0.276 e. The van der Waals surface area contributed by atoms with E-state index in [4.69, 9.17) is 0 Å². The lowest BCUT2D eigenvalue weighted by Crippen LogP contribution is -2.14. The van der Waals surface area contributed by atoms with Crippen LogP contribution in [0, 0.1) is 13.8 Å².